The maximum Gasteiger partial charge on any atom is 0.270 e. The summed E-state index contributed by atoms with van der Waals surface area (Å²) in [5, 5.41) is 21.7. The molecule has 4 aromatic carbocycles. The van der Waals surface area contributed by atoms with E-state index in [1.165, 1.54) is 6.07 Å². The van der Waals surface area contributed by atoms with Crippen LogP contribution in [0.1, 0.15) is 63.5 Å². The number of fused-ring (bicyclic) bond motifs is 1. The van der Waals surface area contributed by atoms with Gasteiger partial charge in [-0.3, -0.25) is 10.1 Å². The van der Waals surface area contributed by atoms with Gasteiger partial charge in [-0.1, -0.05) is 54.6 Å². The van der Waals surface area contributed by atoms with Crippen LogP contribution in [0.5, 0.6) is 11.5 Å². The van der Waals surface area contributed by atoms with Crippen molar-refractivity contribution >= 4 is 25.1 Å². The van der Waals surface area contributed by atoms with Gasteiger partial charge in [0.05, 0.1) is 56.5 Å². The van der Waals surface area contributed by atoms with Crippen LogP contribution in [0.25, 0.3) is 10.9 Å². The molecule has 6 rings (SSSR count). The Morgan fingerprint density at radius 1 is 0.911 bits per heavy atom. The minimum absolute atomic E-state index is 0.0204. The number of ether oxygens (including phenoxy) is 4. The van der Waals surface area contributed by atoms with Gasteiger partial charge in [0.15, 0.2) is 0 Å². The second-order valence-electron chi connectivity index (χ2n) is 14.1. The average Bonchev–Trinajstić information content (AvgIpc) is 3.82. The fourth-order valence-electron chi connectivity index (χ4n) is 7.34. The van der Waals surface area contributed by atoms with E-state index in [0.717, 1.165) is 39.1 Å². The third kappa shape index (κ3) is 8.74. The Kier molecular flexibility index (Phi) is 13.4. The largest absolute Gasteiger partial charge is 0.497 e. The summed E-state index contributed by atoms with van der Waals surface area (Å²) in [5.41, 5.74) is 2.40. The maximum absolute atomic E-state index is 11.6. The summed E-state index contributed by atoms with van der Waals surface area (Å²) in [4.78, 5) is 11.2. The van der Waals surface area contributed by atoms with Gasteiger partial charge in [0, 0.05) is 42.2 Å². The van der Waals surface area contributed by atoms with Gasteiger partial charge in [-0.2, -0.15) is 5.26 Å². The summed E-state index contributed by atoms with van der Waals surface area (Å²) in [6, 6.07) is 34.9. The molecule has 5 aromatic rings. The molecule has 12 nitrogen and oxygen atoms in total. The van der Waals surface area contributed by atoms with Crippen molar-refractivity contribution in [2.45, 2.75) is 76.7 Å². The quantitative estimate of drug-likeness (QED) is 0.0279. The predicted molar refractivity (Wildman–Crippen MR) is 215 cm³/mol. The van der Waals surface area contributed by atoms with Crippen LogP contribution in [-0.2, 0) is 24.1 Å². The monoisotopic (exact) mass is 780 g/mol. The Morgan fingerprint density at radius 2 is 1.52 bits per heavy atom. The minimum atomic E-state index is -1.62. The normalized spacial score (nSPS) is 17.8. The lowest BCUT2D eigenvalue weighted by Gasteiger charge is -2.39. The van der Waals surface area contributed by atoms with Crippen LogP contribution >= 0.6 is 8.53 Å². The number of aromatic nitrogens is 1. The van der Waals surface area contributed by atoms with Gasteiger partial charge in [-0.25, -0.2) is 4.67 Å². The van der Waals surface area contributed by atoms with E-state index in [0.29, 0.717) is 6.42 Å². The molecule has 0 N–H and O–H groups in total. The van der Waals surface area contributed by atoms with Crippen molar-refractivity contribution in [3.63, 3.8) is 0 Å². The zero-order valence-corrected chi connectivity index (χ0v) is 33.5. The maximum atomic E-state index is 11.6. The van der Waals surface area contributed by atoms with Gasteiger partial charge in [-0.05, 0) is 80.8 Å². The Labute approximate surface area is 329 Å². The highest BCUT2D eigenvalue weighted by molar-refractivity contribution is 7.44. The first-order valence-electron chi connectivity index (χ1n) is 18.7. The molecule has 1 fully saturated rings. The van der Waals surface area contributed by atoms with E-state index in [-0.39, 0.29) is 37.4 Å². The van der Waals surface area contributed by atoms with Crippen LogP contribution in [0.2, 0.25) is 0 Å². The highest BCUT2D eigenvalue weighted by Gasteiger charge is 2.45. The van der Waals surface area contributed by atoms with Gasteiger partial charge >= 0.3 is 0 Å². The third-order valence-electron chi connectivity index (χ3n) is 9.93. The Hall–Kier alpha value is -4.86. The molecule has 294 valence electrons. The number of nitrogens with zero attached hydrogens (tertiary/aromatic N) is 4. The number of non-ortho nitro benzene ring substituents is 1. The molecule has 4 atom stereocenters. The SMILES string of the molecule is COc1ccc(C(OC[C@H]2O[C@@H](n3ccc4cc([N+](=O)[O-])ccc43)C[C@@H]2OP(OCCC#N)N(C(C)C)C(C)C)(c2ccccc2)c2ccc(OC)cc2)cc1. The standard InChI is InChI=1S/C43H49N4O8P/c1-30(2)46(31(3)4)56(53-26-10-24-44)55-40-28-42(45-25-23-32-27-36(47(48)49)17-22-39(32)45)54-41(40)29-52-43(33-11-8-7-9-12-33,34-13-18-37(50-5)19-14-34)35-15-20-38(51-6)21-16-35/h7-9,11-23,25,27,30-31,40-42H,10,26,28-29H2,1-6H3/t40-,41+,42+,56?/m0/s1. The number of nitro benzene ring substituents is 1. The van der Waals surface area contributed by atoms with Crippen LogP contribution in [0.15, 0.2) is 109 Å². The van der Waals surface area contributed by atoms with E-state index < -0.39 is 37.5 Å². The second kappa shape index (κ2) is 18.4. The number of benzene rings is 4. The van der Waals surface area contributed by atoms with E-state index in [9.17, 15) is 15.4 Å². The molecule has 0 spiro atoms. The van der Waals surface area contributed by atoms with Gasteiger partial charge in [0.25, 0.3) is 14.2 Å². The molecule has 1 aliphatic heterocycles. The van der Waals surface area contributed by atoms with Crippen molar-refractivity contribution in [3.8, 4) is 17.6 Å². The van der Waals surface area contributed by atoms with E-state index in [4.69, 9.17) is 28.0 Å². The van der Waals surface area contributed by atoms with Crippen LogP contribution in [-0.4, -0.2) is 65.9 Å². The number of hydrogen-bond donors (Lipinski definition) is 0. The topological polar surface area (TPSA) is 130 Å². The molecular weight excluding hydrogens is 731 g/mol. The van der Waals surface area contributed by atoms with E-state index >= 15 is 0 Å². The lowest BCUT2D eigenvalue weighted by atomic mass is 9.80. The van der Waals surface area contributed by atoms with Crippen molar-refractivity contribution in [2.24, 2.45) is 0 Å². The Balaban J connectivity index is 1.43. The number of nitriles is 1. The fraction of sp³-hybridized carbons (Fsp3) is 0.372. The van der Waals surface area contributed by atoms with E-state index in [1.807, 2.05) is 83.6 Å². The molecule has 1 aliphatic rings. The molecule has 0 bridgehead atoms. The fourth-order valence-corrected chi connectivity index (χ4v) is 9.10. The van der Waals surface area contributed by atoms with Crippen molar-refractivity contribution < 1.29 is 32.9 Å². The first-order chi connectivity index (χ1) is 27.1. The summed E-state index contributed by atoms with van der Waals surface area (Å²) in [7, 11) is 1.66. The number of methoxy groups -OCH3 is 2. The zero-order chi connectivity index (χ0) is 39.8. The van der Waals surface area contributed by atoms with Crippen molar-refractivity contribution in [1.29, 1.82) is 5.26 Å². The van der Waals surface area contributed by atoms with Gasteiger partial charge in [-0.15, -0.1) is 0 Å². The lowest BCUT2D eigenvalue weighted by molar-refractivity contribution is -0.384. The first kappa shape index (κ1) is 40.8. The van der Waals surface area contributed by atoms with Crippen LogP contribution in [0.4, 0.5) is 5.69 Å². The molecule has 0 amide bonds. The summed E-state index contributed by atoms with van der Waals surface area (Å²) < 4.78 is 42.9. The Bertz CT molecular complexity index is 2030. The molecule has 1 saturated heterocycles. The number of hydrogen-bond acceptors (Lipinski definition) is 10. The van der Waals surface area contributed by atoms with Crippen molar-refractivity contribution in [3.05, 3.63) is 136 Å². The van der Waals surface area contributed by atoms with Gasteiger partial charge in [0.1, 0.15) is 29.4 Å². The summed E-state index contributed by atoms with van der Waals surface area (Å²) in [6.45, 7) is 8.74. The van der Waals surface area contributed by atoms with E-state index in [1.54, 1.807) is 26.4 Å². The minimum Gasteiger partial charge on any atom is -0.497 e. The highest BCUT2D eigenvalue weighted by atomic mass is 31.2. The van der Waals surface area contributed by atoms with Crippen LogP contribution in [0, 0.1) is 21.4 Å². The second-order valence-corrected chi connectivity index (χ2v) is 15.5. The third-order valence-corrected chi connectivity index (χ3v) is 12.1. The van der Waals surface area contributed by atoms with Crippen molar-refractivity contribution in [1.82, 2.24) is 9.24 Å². The summed E-state index contributed by atoms with van der Waals surface area (Å²) >= 11 is 0. The van der Waals surface area contributed by atoms with Crippen LogP contribution in [0.3, 0.4) is 0 Å². The first-order valence-corrected chi connectivity index (χ1v) is 19.9. The van der Waals surface area contributed by atoms with E-state index in [2.05, 4.69) is 50.6 Å². The smallest absolute Gasteiger partial charge is 0.270 e. The lowest BCUT2D eigenvalue weighted by Crippen LogP contribution is -2.39. The van der Waals surface area contributed by atoms with Crippen LogP contribution < -0.4 is 9.47 Å². The molecule has 0 radical (unpaired) electrons. The molecule has 0 saturated carbocycles. The Morgan fingerprint density at radius 3 is 2.07 bits per heavy atom. The summed E-state index contributed by atoms with van der Waals surface area (Å²) in [5.74, 6) is 1.43. The van der Waals surface area contributed by atoms with Gasteiger partial charge < -0.3 is 32.6 Å². The molecule has 56 heavy (non-hydrogen) atoms. The molecule has 13 heteroatoms. The predicted octanol–water partition coefficient (Wildman–Crippen LogP) is 9.52. The van der Waals surface area contributed by atoms with Crippen molar-refractivity contribution in [2.75, 3.05) is 27.4 Å². The number of nitro groups is 1. The molecule has 1 aromatic heterocycles. The molecular formula is C43H49N4O8P. The average molecular weight is 781 g/mol. The molecule has 2 heterocycles. The molecule has 1 unspecified atom stereocenters. The number of rotatable bonds is 18. The zero-order valence-electron chi connectivity index (χ0n) is 32.6. The summed E-state index contributed by atoms with van der Waals surface area (Å²) in [6.07, 6.45) is 1.01. The van der Waals surface area contributed by atoms with Gasteiger partial charge in [0.2, 0.25) is 0 Å². The highest BCUT2D eigenvalue weighted by Crippen LogP contribution is 2.51. The molecule has 0 aliphatic carbocycles.